The highest BCUT2D eigenvalue weighted by molar-refractivity contribution is 5.97. The van der Waals surface area contributed by atoms with Gasteiger partial charge in [-0.3, -0.25) is 4.79 Å². The van der Waals surface area contributed by atoms with E-state index in [4.69, 9.17) is 9.84 Å². The Bertz CT molecular complexity index is 512. The molecule has 1 fully saturated rings. The topological polar surface area (TPSA) is 66.8 Å². The maximum atomic E-state index is 12.3. The average Bonchev–Trinajstić information content (AvgIpc) is 2.87. The van der Waals surface area contributed by atoms with Crippen LogP contribution in [0.1, 0.15) is 28.8 Å². The number of hydrogen-bond donors (Lipinski definition) is 1. The predicted octanol–water partition coefficient (Wildman–Crippen LogP) is 1.69. The van der Waals surface area contributed by atoms with Crippen LogP contribution in [0, 0.1) is 6.92 Å². The summed E-state index contributed by atoms with van der Waals surface area (Å²) >= 11 is 0. The quantitative estimate of drug-likeness (QED) is 0.901. The third kappa shape index (κ3) is 2.54. The molecule has 0 aliphatic carbocycles. The molecule has 1 amide bonds. The Hall–Kier alpha value is -2.04. The van der Waals surface area contributed by atoms with Crippen LogP contribution < -0.4 is 4.74 Å². The molecule has 1 saturated heterocycles. The molecule has 1 aromatic rings. The van der Waals surface area contributed by atoms with Crippen LogP contribution in [-0.4, -0.2) is 41.6 Å². The number of carboxylic acid groups (broad SMARTS) is 1. The maximum Gasteiger partial charge on any atom is 0.326 e. The van der Waals surface area contributed by atoms with Crippen molar-refractivity contribution in [3.05, 3.63) is 29.3 Å². The summed E-state index contributed by atoms with van der Waals surface area (Å²) < 4.78 is 5.19. The van der Waals surface area contributed by atoms with Gasteiger partial charge in [0.25, 0.3) is 5.91 Å². The summed E-state index contributed by atoms with van der Waals surface area (Å²) in [4.78, 5) is 24.9. The first-order chi connectivity index (χ1) is 9.04. The molecule has 5 nitrogen and oxygen atoms in total. The van der Waals surface area contributed by atoms with Gasteiger partial charge in [-0.2, -0.15) is 0 Å². The molecule has 1 heterocycles. The van der Waals surface area contributed by atoms with Crippen molar-refractivity contribution < 1.29 is 19.4 Å². The summed E-state index contributed by atoms with van der Waals surface area (Å²) in [6.07, 6.45) is 1.25. The van der Waals surface area contributed by atoms with Crippen LogP contribution in [0.25, 0.3) is 0 Å². The molecule has 1 aliphatic heterocycles. The molecule has 19 heavy (non-hydrogen) atoms. The lowest BCUT2D eigenvalue weighted by Crippen LogP contribution is -2.40. The summed E-state index contributed by atoms with van der Waals surface area (Å²) in [6.45, 7) is 2.38. The minimum Gasteiger partial charge on any atom is -0.496 e. The number of nitrogens with zero attached hydrogens (tertiary/aromatic N) is 1. The molecule has 1 unspecified atom stereocenters. The van der Waals surface area contributed by atoms with E-state index in [1.165, 1.54) is 4.90 Å². The van der Waals surface area contributed by atoms with Crippen LogP contribution in [0.15, 0.2) is 18.2 Å². The maximum absolute atomic E-state index is 12.3. The number of rotatable bonds is 3. The fourth-order valence-electron chi connectivity index (χ4n) is 2.39. The van der Waals surface area contributed by atoms with Crippen LogP contribution in [-0.2, 0) is 4.79 Å². The molecule has 0 bridgehead atoms. The molecule has 1 aliphatic rings. The average molecular weight is 263 g/mol. The number of amides is 1. The molecular weight excluding hydrogens is 246 g/mol. The predicted molar refractivity (Wildman–Crippen MR) is 69.4 cm³/mol. The first-order valence-corrected chi connectivity index (χ1v) is 6.23. The SMILES string of the molecule is COc1cc(C(=O)N2CCCC2C(=O)O)ccc1C. The van der Waals surface area contributed by atoms with Gasteiger partial charge in [-0.15, -0.1) is 0 Å². The monoisotopic (exact) mass is 263 g/mol. The van der Waals surface area contributed by atoms with Crippen LogP contribution in [0.5, 0.6) is 5.75 Å². The van der Waals surface area contributed by atoms with E-state index in [1.807, 2.05) is 6.92 Å². The summed E-state index contributed by atoms with van der Waals surface area (Å²) in [5.41, 5.74) is 1.41. The van der Waals surface area contributed by atoms with Gasteiger partial charge in [0, 0.05) is 12.1 Å². The molecule has 0 aromatic heterocycles. The Morgan fingerprint density at radius 1 is 1.42 bits per heavy atom. The molecule has 1 aromatic carbocycles. The molecule has 5 heteroatoms. The van der Waals surface area contributed by atoms with E-state index in [2.05, 4.69) is 0 Å². The minimum absolute atomic E-state index is 0.247. The van der Waals surface area contributed by atoms with Gasteiger partial charge in [-0.25, -0.2) is 4.79 Å². The molecule has 0 radical (unpaired) electrons. The summed E-state index contributed by atoms with van der Waals surface area (Å²) in [7, 11) is 1.55. The van der Waals surface area contributed by atoms with Crippen molar-refractivity contribution in [2.24, 2.45) is 0 Å². The first kappa shape index (κ1) is 13.4. The smallest absolute Gasteiger partial charge is 0.326 e. The van der Waals surface area contributed by atoms with E-state index in [0.717, 1.165) is 12.0 Å². The van der Waals surface area contributed by atoms with Crippen LogP contribution in [0.2, 0.25) is 0 Å². The number of methoxy groups -OCH3 is 1. The Labute approximate surface area is 111 Å². The number of likely N-dealkylation sites (tertiary alicyclic amines) is 1. The third-order valence-corrected chi connectivity index (χ3v) is 3.45. The second kappa shape index (κ2) is 5.30. The highest BCUT2D eigenvalue weighted by Gasteiger charge is 2.34. The van der Waals surface area contributed by atoms with Gasteiger partial charge in [0.15, 0.2) is 0 Å². The van der Waals surface area contributed by atoms with E-state index in [0.29, 0.717) is 24.3 Å². The van der Waals surface area contributed by atoms with Crippen molar-refractivity contribution in [1.82, 2.24) is 4.90 Å². The molecular formula is C14H17NO4. The molecule has 0 saturated carbocycles. The van der Waals surface area contributed by atoms with Gasteiger partial charge in [0.05, 0.1) is 7.11 Å². The molecule has 1 N–H and O–H groups in total. The van der Waals surface area contributed by atoms with Gasteiger partial charge in [-0.05, 0) is 37.5 Å². The zero-order chi connectivity index (χ0) is 14.0. The van der Waals surface area contributed by atoms with Crippen molar-refractivity contribution in [3.63, 3.8) is 0 Å². The number of hydrogen-bond acceptors (Lipinski definition) is 3. The van der Waals surface area contributed by atoms with E-state index in [1.54, 1.807) is 25.3 Å². The van der Waals surface area contributed by atoms with Gasteiger partial charge >= 0.3 is 5.97 Å². The number of carbonyl (C=O) groups excluding carboxylic acids is 1. The number of aliphatic carboxylic acids is 1. The van der Waals surface area contributed by atoms with Crippen molar-refractivity contribution in [2.75, 3.05) is 13.7 Å². The largest absolute Gasteiger partial charge is 0.496 e. The van der Waals surface area contributed by atoms with Crippen molar-refractivity contribution in [3.8, 4) is 5.75 Å². The van der Waals surface area contributed by atoms with E-state index < -0.39 is 12.0 Å². The van der Waals surface area contributed by atoms with Gasteiger partial charge in [0.1, 0.15) is 11.8 Å². The molecule has 0 spiro atoms. The Morgan fingerprint density at radius 2 is 2.16 bits per heavy atom. The Balaban J connectivity index is 2.26. The molecule has 2 rings (SSSR count). The van der Waals surface area contributed by atoms with E-state index in [-0.39, 0.29) is 5.91 Å². The third-order valence-electron chi connectivity index (χ3n) is 3.45. The lowest BCUT2D eigenvalue weighted by atomic mass is 10.1. The van der Waals surface area contributed by atoms with Gasteiger partial charge < -0.3 is 14.7 Å². The number of aryl methyl sites for hydroxylation is 1. The first-order valence-electron chi connectivity index (χ1n) is 6.23. The lowest BCUT2D eigenvalue weighted by molar-refractivity contribution is -0.141. The van der Waals surface area contributed by atoms with Crippen molar-refractivity contribution in [2.45, 2.75) is 25.8 Å². The number of carbonyl (C=O) groups is 2. The fourth-order valence-corrected chi connectivity index (χ4v) is 2.39. The summed E-state index contributed by atoms with van der Waals surface area (Å²) in [5.74, 6) is -0.551. The summed E-state index contributed by atoms with van der Waals surface area (Å²) in [6, 6.07) is 4.46. The summed E-state index contributed by atoms with van der Waals surface area (Å²) in [5, 5.41) is 9.11. The minimum atomic E-state index is -0.940. The van der Waals surface area contributed by atoms with E-state index >= 15 is 0 Å². The number of carboxylic acids is 1. The zero-order valence-electron chi connectivity index (χ0n) is 11.0. The van der Waals surface area contributed by atoms with Gasteiger partial charge in [0.2, 0.25) is 0 Å². The normalized spacial score (nSPS) is 18.4. The standard InChI is InChI=1S/C14H17NO4/c1-9-5-6-10(8-12(9)19-2)13(16)15-7-3-4-11(15)14(17)18/h5-6,8,11H,3-4,7H2,1-2H3,(H,17,18). The van der Waals surface area contributed by atoms with Crippen LogP contribution >= 0.6 is 0 Å². The second-order valence-corrected chi connectivity index (χ2v) is 4.68. The lowest BCUT2D eigenvalue weighted by Gasteiger charge is -2.21. The molecule has 1 atom stereocenters. The van der Waals surface area contributed by atoms with E-state index in [9.17, 15) is 9.59 Å². The second-order valence-electron chi connectivity index (χ2n) is 4.68. The van der Waals surface area contributed by atoms with Crippen LogP contribution in [0.4, 0.5) is 0 Å². The Morgan fingerprint density at radius 3 is 2.79 bits per heavy atom. The fraction of sp³-hybridized carbons (Fsp3) is 0.429. The molecule has 102 valence electrons. The van der Waals surface area contributed by atoms with Crippen molar-refractivity contribution in [1.29, 1.82) is 0 Å². The number of benzene rings is 1. The zero-order valence-corrected chi connectivity index (χ0v) is 11.0. The van der Waals surface area contributed by atoms with Crippen molar-refractivity contribution >= 4 is 11.9 Å². The number of ether oxygens (including phenoxy) is 1. The van der Waals surface area contributed by atoms with Gasteiger partial charge in [-0.1, -0.05) is 6.07 Å². The Kier molecular flexibility index (Phi) is 3.74. The highest BCUT2D eigenvalue weighted by Crippen LogP contribution is 2.24. The van der Waals surface area contributed by atoms with Crippen LogP contribution in [0.3, 0.4) is 0 Å². The highest BCUT2D eigenvalue weighted by atomic mass is 16.5.